The van der Waals surface area contributed by atoms with Crippen molar-refractivity contribution in [2.45, 2.75) is 50.3 Å². The summed E-state index contributed by atoms with van der Waals surface area (Å²) in [6, 6.07) is 0.450. The molecule has 1 saturated carbocycles. The summed E-state index contributed by atoms with van der Waals surface area (Å²) >= 11 is 1.58. The number of amides is 1. The lowest BCUT2D eigenvalue weighted by Gasteiger charge is -2.27. The lowest BCUT2D eigenvalue weighted by Crippen LogP contribution is -2.54. The molecule has 18 heavy (non-hydrogen) atoms. The van der Waals surface area contributed by atoms with Gasteiger partial charge in [-0.05, 0) is 38.4 Å². The Kier molecular flexibility index (Phi) is 6.42. The molecule has 0 aromatic carbocycles. The maximum Gasteiger partial charge on any atom is 0.237 e. The Morgan fingerprint density at radius 2 is 2.28 bits per heavy atom. The summed E-state index contributed by atoms with van der Waals surface area (Å²) in [5.41, 5.74) is 4.84. The molecule has 6 heteroatoms. The van der Waals surface area contributed by atoms with Gasteiger partial charge in [0.25, 0.3) is 0 Å². The van der Waals surface area contributed by atoms with Crippen LogP contribution in [0.3, 0.4) is 0 Å². The van der Waals surface area contributed by atoms with Gasteiger partial charge in [-0.2, -0.15) is 11.8 Å². The lowest BCUT2D eigenvalue weighted by molar-refractivity contribution is -0.124. The fourth-order valence-corrected chi connectivity index (χ4v) is 2.64. The molecule has 0 aromatic rings. The van der Waals surface area contributed by atoms with Crippen LogP contribution in [0.15, 0.2) is 0 Å². The van der Waals surface area contributed by atoms with Crippen molar-refractivity contribution in [2.24, 2.45) is 5.73 Å². The van der Waals surface area contributed by atoms with Crippen LogP contribution in [0, 0.1) is 0 Å². The van der Waals surface area contributed by atoms with E-state index in [-0.39, 0.29) is 12.5 Å². The quantitative estimate of drug-likeness (QED) is 0.416. The molecule has 0 spiro atoms. The number of thioether (sulfide) groups is 1. The number of rotatable bonds is 10. The zero-order valence-electron chi connectivity index (χ0n) is 10.9. The molecule has 0 bridgehead atoms. The van der Waals surface area contributed by atoms with Crippen molar-refractivity contribution in [2.75, 3.05) is 18.1 Å². The Hall–Kier alpha value is -0.300. The predicted octanol–water partition coefficient (Wildman–Crippen LogP) is -0.151. The summed E-state index contributed by atoms with van der Waals surface area (Å²) in [5, 5.41) is 21.1. The SMILES string of the molecule is CC(CCCSCC(O)CO)(NC1CC1)C(N)=O. The van der Waals surface area contributed by atoms with Crippen LogP contribution < -0.4 is 11.1 Å². The van der Waals surface area contributed by atoms with Gasteiger partial charge in [0.1, 0.15) is 0 Å². The van der Waals surface area contributed by atoms with Gasteiger partial charge < -0.3 is 21.3 Å². The van der Waals surface area contributed by atoms with Gasteiger partial charge in [0.15, 0.2) is 0 Å². The molecule has 106 valence electrons. The summed E-state index contributed by atoms with van der Waals surface area (Å²) in [6.45, 7) is 1.66. The molecule has 0 radical (unpaired) electrons. The van der Waals surface area contributed by atoms with Gasteiger partial charge in [-0.1, -0.05) is 0 Å². The average molecular weight is 276 g/mol. The van der Waals surface area contributed by atoms with Crippen molar-refractivity contribution in [1.82, 2.24) is 5.32 Å². The number of hydrogen-bond donors (Lipinski definition) is 4. The highest BCUT2D eigenvalue weighted by molar-refractivity contribution is 7.99. The van der Waals surface area contributed by atoms with E-state index in [0.29, 0.717) is 18.2 Å². The summed E-state index contributed by atoms with van der Waals surface area (Å²) in [4.78, 5) is 11.5. The fraction of sp³-hybridized carbons (Fsp3) is 0.917. The molecule has 1 amide bonds. The van der Waals surface area contributed by atoms with E-state index in [4.69, 9.17) is 10.8 Å². The molecule has 1 fully saturated rings. The third-order valence-corrected chi connectivity index (χ3v) is 4.33. The predicted molar refractivity (Wildman–Crippen MR) is 73.4 cm³/mol. The van der Waals surface area contributed by atoms with Gasteiger partial charge in [-0.25, -0.2) is 0 Å². The van der Waals surface area contributed by atoms with Crippen LogP contribution in [-0.4, -0.2) is 51.9 Å². The van der Waals surface area contributed by atoms with Crippen LogP contribution >= 0.6 is 11.8 Å². The Morgan fingerprint density at radius 3 is 2.78 bits per heavy atom. The van der Waals surface area contributed by atoms with E-state index in [1.54, 1.807) is 11.8 Å². The zero-order chi connectivity index (χ0) is 13.6. The second-order valence-electron chi connectivity index (χ2n) is 5.13. The van der Waals surface area contributed by atoms with Gasteiger partial charge in [0.05, 0.1) is 18.2 Å². The summed E-state index contributed by atoms with van der Waals surface area (Å²) in [5.74, 6) is 1.08. The molecular formula is C12H24N2O3S. The highest BCUT2D eigenvalue weighted by atomic mass is 32.2. The van der Waals surface area contributed by atoms with Crippen LogP contribution in [0.2, 0.25) is 0 Å². The molecule has 5 nitrogen and oxygen atoms in total. The van der Waals surface area contributed by atoms with Crippen molar-refractivity contribution in [3.8, 4) is 0 Å². The van der Waals surface area contributed by atoms with Crippen LogP contribution in [0.5, 0.6) is 0 Å². The lowest BCUT2D eigenvalue weighted by atomic mass is 9.95. The van der Waals surface area contributed by atoms with E-state index in [9.17, 15) is 9.90 Å². The van der Waals surface area contributed by atoms with E-state index in [1.165, 1.54) is 0 Å². The van der Waals surface area contributed by atoms with Crippen LogP contribution in [0.4, 0.5) is 0 Å². The minimum Gasteiger partial charge on any atom is -0.394 e. The average Bonchev–Trinajstić information content (AvgIpc) is 3.11. The molecule has 0 saturated heterocycles. The number of aliphatic hydroxyl groups is 2. The molecule has 1 aliphatic rings. The first-order chi connectivity index (χ1) is 8.48. The third-order valence-electron chi connectivity index (χ3n) is 3.13. The van der Waals surface area contributed by atoms with Gasteiger partial charge in [-0.15, -0.1) is 0 Å². The molecule has 0 heterocycles. The summed E-state index contributed by atoms with van der Waals surface area (Å²) < 4.78 is 0. The standard InChI is InChI=1S/C12H24N2O3S/c1-12(11(13)17,14-9-3-4-9)5-2-6-18-8-10(16)7-15/h9-10,14-16H,2-8H2,1H3,(H2,13,17). The van der Waals surface area contributed by atoms with Gasteiger partial charge in [0.2, 0.25) is 5.91 Å². The number of nitrogens with one attached hydrogen (secondary N) is 1. The van der Waals surface area contributed by atoms with E-state index in [0.717, 1.165) is 25.0 Å². The Balaban J connectivity index is 2.19. The maximum absolute atomic E-state index is 11.5. The van der Waals surface area contributed by atoms with Gasteiger partial charge >= 0.3 is 0 Å². The first-order valence-corrected chi connectivity index (χ1v) is 7.57. The van der Waals surface area contributed by atoms with Crippen molar-refractivity contribution in [3.63, 3.8) is 0 Å². The van der Waals surface area contributed by atoms with E-state index < -0.39 is 11.6 Å². The topological polar surface area (TPSA) is 95.6 Å². The number of primary amides is 1. The largest absolute Gasteiger partial charge is 0.394 e. The maximum atomic E-state index is 11.5. The fourth-order valence-electron chi connectivity index (χ4n) is 1.74. The van der Waals surface area contributed by atoms with E-state index >= 15 is 0 Å². The molecule has 2 unspecified atom stereocenters. The highest BCUT2D eigenvalue weighted by Gasteiger charge is 2.36. The number of nitrogens with two attached hydrogens (primary N) is 1. The Bertz CT molecular complexity index is 274. The van der Waals surface area contributed by atoms with Crippen LogP contribution in [0.1, 0.15) is 32.6 Å². The third kappa shape index (κ3) is 5.56. The minimum atomic E-state index is -0.651. The molecule has 0 aliphatic heterocycles. The zero-order valence-corrected chi connectivity index (χ0v) is 11.7. The Labute approximate surface area is 113 Å². The summed E-state index contributed by atoms with van der Waals surface area (Å²) in [7, 11) is 0. The molecule has 1 aliphatic carbocycles. The van der Waals surface area contributed by atoms with Crippen molar-refractivity contribution >= 4 is 17.7 Å². The second-order valence-corrected chi connectivity index (χ2v) is 6.28. The monoisotopic (exact) mass is 276 g/mol. The number of hydrogen-bond acceptors (Lipinski definition) is 5. The normalized spacial score (nSPS) is 20.4. The number of aliphatic hydroxyl groups excluding tert-OH is 2. The number of carbonyl (C=O) groups is 1. The number of carbonyl (C=O) groups excluding carboxylic acids is 1. The van der Waals surface area contributed by atoms with Crippen molar-refractivity contribution < 1.29 is 15.0 Å². The molecule has 0 aromatic heterocycles. The molecule has 1 rings (SSSR count). The van der Waals surface area contributed by atoms with E-state index in [2.05, 4.69) is 5.32 Å². The molecule has 2 atom stereocenters. The van der Waals surface area contributed by atoms with Gasteiger partial charge in [0, 0.05) is 11.8 Å². The Morgan fingerprint density at radius 1 is 1.61 bits per heavy atom. The minimum absolute atomic E-state index is 0.199. The van der Waals surface area contributed by atoms with Crippen LogP contribution in [-0.2, 0) is 4.79 Å². The van der Waals surface area contributed by atoms with Crippen molar-refractivity contribution in [1.29, 1.82) is 0 Å². The molecular weight excluding hydrogens is 252 g/mol. The van der Waals surface area contributed by atoms with Crippen LogP contribution in [0.25, 0.3) is 0 Å². The smallest absolute Gasteiger partial charge is 0.237 e. The first-order valence-electron chi connectivity index (χ1n) is 6.42. The first kappa shape index (κ1) is 15.8. The van der Waals surface area contributed by atoms with Crippen molar-refractivity contribution in [3.05, 3.63) is 0 Å². The van der Waals surface area contributed by atoms with Gasteiger partial charge in [-0.3, -0.25) is 4.79 Å². The summed E-state index contributed by atoms with van der Waals surface area (Å²) in [6.07, 6.45) is 3.17. The second kappa shape index (κ2) is 7.33. The van der Waals surface area contributed by atoms with E-state index in [1.807, 2.05) is 6.92 Å². The molecule has 5 N–H and O–H groups in total. The highest BCUT2D eigenvalue weighted by Crippen LogP contribution is 2.25.